The molecule has 0 bridgehead atoms. The van der Waals surface area contributed by atoms with Crippen molar-refractivity contribution in [2.75, 3.05) is 13.1 Å². The standard InChI is InChI=1S/C61H69N10O13P/c1-68-50-33-39(20-24-47(50)71(61(68)81)49-26-28-52(73)66-58(49)78)36-17-15-35(16-18-36)9-8-14-53(74)69-30-29-42-21-25-48(57(77)64-44(23-27-51(62)72)55(75)67-54(37-10-4-2-5-11-37)38-12-6-3-7-13-38)70(42)59(79)46(34-69)65-56(76)45-32-41-31-40(19-22-43(41)63-45)60(80)85(82,83)84/h2-7,10-13,19-20,22,24,31-33,35-36,42,44,46,48-49,54,63H,8-9,14-18,21,23,25-30,34H2,1H3,(H2,62,72)(H,64,77)(H,65,76)(H,67,75)(H,66,73,78)(H2,82,83,84)/t35-,36-,42-,44+,46+,48+,49?/m1/s1. The number of carbonyl (C=O) groups excluding carboxylic acids is 9. The summed E-state index contributed by atoms with van der Waals surface area (Å²) in [5, 5.41) is 11.3. The van der Waals surface area contributed by atoms with Gasteiger partial charge in [0.2, 0.25) is 41.4 Å². The van der Waals surface area contributed by atoms with E-state index in [1.807, 2.05) is 78.9 Å². The number of aromatic amines is 1. The number of nitrogens with zero attached hydrogens (tertiary/aromatic N) is 4. The minimum Gasteiger partial charge on any atom is -0.370 e. The van der Waals surface area contributed by atoms with Gasteiger partial charge in [-0.2, -0.15) is 0 Å². The Labute approximate surface area is 488 Å². The van der Waals surface area contributed by atoms with Crippen LogP contribution in [0.3, 0.4) is 0 Å². The Hall–Kier alpha value is -8.53. The van der Waals surface area contributed by atoms with Gasteiger partial charge in [-0.1, -0.05) is 66.7 Å². The van der Waals surface area contributed by atoms with Gasteiger partial charge in [-0.3, -0.25) is 62.2 Å². The molecular weight excluding hydrogens is 1110 g/mol. The van der Waals surface area contributed by atoms with Gasteiger partial charge in [-0.15, -0.1) is 0 Å². The van der Waals surface area contributed by atoms with Crippen LogP contribution in [0.2, 0.25) is 0 Å². The maximum absolute atomic E-state index is 15.1. The topological polar surface area (TPSA) is 335 Å². The molecule has 23 nitrogen and oxygen atoms in total. The van der Waals surface area contributed by atoms with Crippen molar-refractivity contribution in [1.82, 2.24) is 45.2 Å². The van der Waals surface area contributed by atoms with Gasteiger partial charge in [0, 0.05) is 61.9 Å². The third kappa shape index (κ3) is 13.2. The van der Waals surface area contributed by atoms with Crippen molar-refractivity contribution in [1.29, 1.82) is 0 Å². The van der Waals surface area contributed by atoms with Gasteiger partial charge in [-0.05, 0) is 136 Å². The molecule has 8 amide bonds. The second kappa shape index (κ2) is 25.4. The lowest BCUT2D eigenvalue weighted by Gasteiger charge is -2.39. The molecule has 0 radical (unpaired) electrons. The Morgan fingerprint density at radius 3 is 2.15 bits per heavy atom. The summed E-state index contributed by atoms with van der Waals surface area (Å²) in [5.74, 6) is -3.83. The van der Waals surface area contributed by atoms with Gasteiger partial charge >= 0.3 is 13.3 Å². The molecule has 3 saturated heterocycles. The molecule has 1 unspecified atom stereocenters. The fraction of sp³-hybridized carbons (Fsp3) is 0.410. The molecule has 9 N–H and O–H groups in total. The fourth-order valence-corrected chi connectivity index (χ4v) is 13.3. The predicted molar refractivity (Wildman–Crippen MR) is 311 cm³/mol. The number of primary amides is 1. The Morgan fingerprint density at radius 2 is 1.48 bits per heavy atom. The number of aryl methyl sites for hydroxylation is 1. The maximum Gasteiger partial charge on any atom is 0.396 e. The normalized spacial score (nSPS) is 21.4. The molecule has 0 spiro atoms. The number of imidazole rings is 1. The number of hydrogen-bond donors (Lipinski definition) is 8. The van der Waals surface area contributed by atoms with Crippen molar-refractivity contribution < 1.29 is 57.5 Å². The van der Waals surface area contributed by atoms with E-state index in [1.54, 1.807) is 16.5 Å². The zero-order valence-corrected chi connectivity index (χ0v) is 47.8. The predicted octanol–water partition coefficient (Wildman–Crippen LogP) is 4.61. The Morgan fingerprint density at radius 1 is 0.776 bits per heavy atom. The molecule has 85 heavy (non-hydrogen) atoms. The largest absolute Gasteiger partial charge is 0.396 e. The third-order valence-electron chi connectivity index (χ3n) is 17.3. The van der Waals surface area contributed by atoms with E-state index in [1.165, 1.54) is 33.7 Å². The number of rotatable bonds is 19. The Balaban J connectivity index is 0.824. The van der Waals surface area contributed by atoms with E-state index < -0.39 is 84.8 Å². The number of fused-ring (bicyclic) bond motifs is 3. The third-order valence-corrected chi connectivity index (χ3v) is 18.1. The molecule has 446 valence electrons. The molecule has 5 atom stereocenters. The molecular formula is C61H69N10O13P. The molecule has 2 aromatic heterocycles. The van der Waals surface area contributed by atoms with E-state index in [-0.39, 0.29) is 91.7 Å². The number of hydrogen-bond acceptors (Lipinski definition) is 11. The molecule has 3 aliphatic heterocycles. The van der Waals surface area contributed by atoms with E-state index in [2.05, 4.69) is 26.3 Å². The lowest BCUT2D eigenvalue weighted by atomic mass is 9.77. The average molecular weight is 1180 g/mol. The first-order valence-electron chi connectivity index (χ1n) is 28.9. The van der Waals surface area contributed by atoms with Crippen molar-refractivity contribution in [2.24, 2.45) is 18.7 Å². The average Bonchev–Trinajstić information content (AvgIpc) is 2.34. The number of aromatic nitrogens is 3. The number of H-pyrrole nitrogens is 1. The van der Waals surface area contributed by atoms with Crippen LogP contribution in [-0.2, 0) is 45.2 Å². The van der Waals surface area contributed by atoms with E-state index in [0.717, 1.165) is 48.8 Å². The highest BCUT2D eigenvalue weighted by Gasteiger charge is 2.46. The summed E-state index contributed by atoms with van der Waals surface area (Å²) in [7, 11) is -3.45. The number of nitrogens with one attached hydrogen (secondary N) is 5. The quantitative estimate of drug-likeness (QED) is 0.0406. The summed E-state index contributed by atoms with van der Waals surface area (Å²) in [6.45, 7) is -0.0528. The van der Waals surface area contributed by atoms with Gasteiger partial charge in [0.25, 0.3) is 11.4 Å². The summed E-state index contributed by atoms with van der Waals surface area (Å²) in [4.78, 5) is 160. The van der Waals surface area contributed by atoms with Crippen LogP contribution in [0.5, 0.6) is 0 Å². The number of nitrogens with two attached hydrogens (primary N) is 1. The number of carbonyl (C=O) groups is 9. The lowest BCUT2D eigenvalue weighted by Crippen LogP contribution is -2.62. The molecule has 24 heteroatoms. The van der Waals surface area contributed by atoms with Gasteiger partial charge in [-0.25, -0.2) is 4.79 Å². The fourth-order valence-electron chi connectivity index (χ4n) is 12.8. The van der Waals surface area contributed by atoms with Crippen LogP contribution in [0.25, 0.3) is 21.9 Å². The number of amides is 8. The molecule has 4 aromatic carbocycles. The summed E-state index contributed by atoms with van der Waals surface area (Å²) >= 11 is 0. The van der Waals surface area contributed by atoms with Gasteiger partial charge < -0.3 is 46.3 Å². The Kier molecular flexibility index (Phi) is 17.8. The molecule has 4 fully saturated rings. The number of imide groups is 1. The maximum atomic E-state index is 15.1. The van der Waals surface area contributed by atoms with Crippen molar-refractivity contribution in [3.8, 4) is 0 Å². The molecule has 6 aromatic rings. The summed E-state index contributed by atoms with van der Waals surface area (Å²) in [6, 6.07) is 23.9. The van der Waals surface area contributed by atoms with E-state index in [4.69, 9.17) is 5.73 Å². The zero-order valence-electron chi connectivity index (χ0n) is 46.9. The molecule has 1 saturated carbocycles. The molecule has 10 rings (SSSR count). The smallest absolute Gasteiger partial charge is 0.370 e. The molecule has 1 aliphatic carbocycles. The van der Waals surface area contributed by atoms with Crippen molar-refractivity contribution in [2.45, 2.75) is 132 Å². The first-order chi connectivity index (χ1) is 40.7. The second-order valence-electron chi connectivity index (χ2n) is 22.8. The van der Waals surface area contributed by atoms with E-state index in [9.17, 15) is 57.5 Å². The Bertz CT molecular complexity index is 3660. The highest BCUT2D eigenvalue weighted by atomic mass is 31.2. The summed E-state index contributed by atoms with van der Waals surface area (Å²) in [6.07, 6.45) is 6.01. The lowest BCUT2D eigenvalue weighted by molar-refractivity contribution is -0.145. The van der Waals surface area contributed by atoms with Crippen molar-refractivity contribution in [3.63, 3.8) is 0 Å². The molecule has 5 heterocycles. The van der Waals surface area contributed by atoms with Crippen LogP contribution in [0.4, 0.5) is 0 Å². The zero-order chi connectivity index (χ0) is 60.3. The SMILES string of the molecule is Cn1c(=O)n(C2CCC(=O)NC2=O)c2ccc([C@H]3CC[C@H](CCCC(=O)N4CC[C@H]5CC[C@@H](C(=O)N[C@@H](CCC(N)=O)C(=O)NC(c6ccccc6)c6ccccc6)N5C(=O)[C@@H](NC(=O)c5cc6cc(C(=O)P(=O)(O)O)ccc6[nH]5)C4)CC3)cc21. The van der Waals surface area contributed by atoms with Crippen LogP contribution in [0.15, 0.2) is 108 Å². The van der Waals surface area contributed by atoms with Gasteiger partial charge in [0.15, 0.2) is 0 Å². The monoisotopic (exact) mass is 1180 g/mol. The number of piperidine rings is 1. The summed E-state index contributed by atoms with van der Waals surface area (Å²) < 4.78 is 14.8. The van der Waals surface area contributed by atoms with Gasteiger partial charge in [0.05, 0.1) is 17.1 Å². The minimum absolute atomic E-state index is 0.0619. The van der Waals surface area contributed by atoms with Crippen LogP contribution >= 0.6 is 7.60 Å². The van der Waals surface area contributed by atoms with Gasteiger partial charge in [0.1, 0.15) is 29.9 Å². The van der Waals surface area contributed by atoms with Crippen molar-refractivity contribution >= 4 is 82.3 Å². The highest BCUT2D eigenvalue weighted by molar-refractivity contribution is 7.70. The highest BCUT2D eigenvalue weighted by Crippen LogP contribution is 2.41. The van der Waals surface area contributed by atoms with Crippen LogP contribution in [0, 0.1) is 5.92 Å². The van der Waals surface area contributed by atoms with Crippen LogP contribution in [-0.4, -0.2) is 124 Å². The first kappa shape index (κ1) is 59.6. The van der Waals surface area contributed by atoms with Crippen LogP contribution < -0.4 is 32.7 Å². The summed E-state index contributed by atoms with van der Waals surface area (Å²) in [5.41, 5.74) is 7.81. The van der Waals surface area contributed by atoms with Crippen LogP contribution in [0.1, 0.15) is 145 Å². The van der Waals surface area contributed by atoms with E-state index in [0.29, 0.717) is 41.7 Å². The van der Waals surface area contributed by atoms with E-state index >= 15 is 4.79 Å². The minimum atomic E-state index is -5.13. The molecule has 4 aliphatic rings. The first-order valence-corrected chi connectivity index (χ1v) is 30.5. The number of benzene rings is 4. The second-order valence-corrected chi connectivity index (χ2v) is 24.3. The van der Waals surface area contributed by atoms with Crippen molar-refractivity contribution in [3.05, 3.63) is 142 Å².